The number of aryl methyl sites for hydroxylation is 2. The highest BCUT2D eigenvalue weighted by molar-refractivity contribution is 7.97. The third kappa shape index (κ3) is 6.71. The maximum absolute atomic E-state index is 6.27. The van der Waals surface area contributed by atoms with Crippen molar-refractivity contribution in [1.82, 2.24) is 19.6 Å². The Hall–Kier alpha value is -3.58. The fourth-order valence-corrected chi connectivity index (χ4v) is 5.75. The van der Waals surface area contributed by atoms with Crippen LogP contribution in [0.4, 0.5) is 0 Å². The van der Waals surface area contributed by atoms with E-state index in [1.807, 2.05) is 16.4 Å². The van der Waals surface area contributed by atoms with Crippen molar-refractivity contribution in [2.24, 2.45) is 0 Å². The molecule has 0 aliphatic heterocycles. The van der Waals surface area contributed by atoms with Crippen LogP contribution in [-0.2, 0) is 19.3 Å². The van der Waals surface area contributed by atoms with Crippen LogP contribution < -0.4 is 4.74 Å². The van der Waals surface area contributed by atoms with E-state index in [2.05, 4.69) is 90.0 Å². The number of hydrogen-bond acceptors (Lipinski definition) is 6. The molecule has 7 heteroatoms. The van der Waals surface area contributed by atoms with E-state index in [0.29, 0.717) is 6.61 Å². The third-order valence-electron chi connectivity index (χ3n) is 6.79. The molecule has 39 heavy (non-hydrogen) atoms. The molecule has 0 aliphatic carbocycles. The number of tetrazole rings is 1. The number of ether oxygens (including phenoxy) is 1. The smallest absolute Gasteiger partial charge is 0.168 e. The van der Waals surface area contributed by atoms with E-state index in [4.69, 9.17) is 9.15 Å². The van der Waals surface area contributed by atoms with Gasteiger partial charge in [-0.3, -0.25) is 0 Å². The third-order valence-corrected chi connectivity index (χ3v) is 7.79. The van der Waals surface area contributed by atoms with Crippen LogP contribution in [0.5, 0.6) is 5.75 Å². The van der Waals surface area contributed by atoms with E-state index in [1.165, 1.54) is 16.7 Å². The first kappa shape index (κ1) is 27.0. The highest BCUT2D eigenvalue weighted by Gasteiger charge is 2.16. The Bertz CT molecular complexity index is 1480. The standard InChI is InChI=1S/C32H36N4O2S/c1-3-11-24-13-10-14-25(21-24)22-31-33-34-35-36(31)39-20-9-8-19-37-30-18-17-27-29(26-15-6-5-7-16-26)23-38-32(27)28(30)12-4-2/h5-7,10,13-18,21,23H,3-4,8-9,11-12,19-20,22H2,1-2H3. The van der Waals surface area contributed by atoms with E-state index < -0.39 is 0 Å². The molecule has 0 spiro atoms. The Morgan fingerprint density at radius 1 is 0.897 bits per heavy atom. The first-order valence-corrected chi connectivity index (χ1v) is 14.9. The largest absolute Gasteiger partial charge is 0.493 e. The maximum atomic E-state index is 6.27. The first-order chi connectivity index (χ1) is 19.3. The van der Waals surface area contributed by atoms with Gasteiger partial charge in [0.15, 0.2) is 5.82 Å². The summed E-state index contributed by atoms with van der Waals surface area (Å²) < 4.78 is 14.2. The number of furan rings is 1. The summed E-state index contributed by atoms with van der Waals surface area (Å²) in [6.07, 6.45) is 8.78. The molecule has 5 aromatic rings. The minimum atomic E-state index is 0.668. The summed E-state index contributed by atoms with van der Waals surface area (Å²) in [6, 6.07) is 23.4. The summed E-state index contributed by atoms with van der Waals surface area (Å²) in [5.41, 5.74) is 7.01. The van der Waals surface area contributed by atoms with Crippen LogP contribution in [0.2, 0.25) is 0 Å². The molecule has 0 saturated carbocycles. The molecule has 2 aromatic heterocycles. The van der Waals surface area contributed by atoms with Gasteiger partial charge in [-0.2, -0.15) is 4.09 Å². The number of hydrogen-bond donors (Lipinski definition) is 0. The van der Waals surface area contributed by atoms with Crippen molar-refractivity contribution in [3.63, 3.8) is 0 Å². The van der Waals surface area contributed by atoms with Crippen LogP contribution in [0.25, 0.3) is 22.1 Å². The molecular formula is C32H36N4O2S. The molecule has 0 aliphatic rings. The predicted molar refractivity (Wildman–Crippen MR) is 159 cm³/mol. The number of aromatic nitrogens is 4. The molecule has 202 valence electrons. The Morgan fingerprint density at radius 3 is 2.59 bits per heavy atom. The van der Waals surface area contributed by atoms with Crippen LogP contribution in [0, 0.1) is 0 Å². The first-order valence-electron chi connectivity index (χ1n) is 14.0. The van der Waals surface area contributed by atoms with Crippen LogP contribution in [0.15, 0.2) is 77.4 Å². The Balaban J connectivity index is 1.14. The van der Waals surface area contributed by atoms with Crippen molar-refractivity contribution in [2.45, 2.75) is 58.8 Å². The van der Waals surface area contributed by atoms with Gasteiger partial charge >= 0.3 is 0 Å². The van der Waals surface area contributed by atoms with Crippen LogP contribution in [0.3, 0.4) is 0 Å². The predicted octanol–water partition coefficient (Wildman–Crippen LogP) is 7.94. The van der Waals surface area contributed by atoms with E-state index in [9.17, 15) is 0 Å². The SMILES string of the molecule is CCCc1cccc(Cc2nnnn2SCCCCOc2ccc3c(-c4ccccc4)coc3c2CCC)c1. The quantitative estimate of drug-likeness (QED) is 0.133. The van der Waals surface area contributed by atoms with Gasteiger partial charge in [0.05, 0.1) is 12.9 Å². The fourth-order valence-electron chi connectivity index (χ4n) is 4.91. The van der Waals surface area contributed by atoms with Gasteiger partial charge in [0.2, 0.25) is 0 Å². The summed E-state index contributed by atoms with van der Waals surface area (Å²) in [6.45, 7) is 5.07. The molecule has 0 N–H and O–H groups in total. The van der Waals surface area contributed by atoms with Gasteiger partial charge in [-0.15, -0.1) is 5.10 Å². The van der Waals surface area contributed by atoms with Crippen molar-refractivity contribution in [3.05, 3.63) is 95.5 Å². The molecule has 0 atom stereocenters. The van der Waals surface area contributed by atoms with Gasteiger partial charge < -0.3 is 9.15 Å². The molecule has 6 nitrogen and oxygen atoms in total. The van der Waals surface area contributed by atoms with Gasteiger partial charge in [0, 0.05) is 28.7 Å². The summed E-state index contributed by atoms with van der Waals surface area (Å²) >= 11 is 1.66. The molecule has 0 unspecified atom stereocenters. The summed E-state index contributed by atoms with van der Waals surface area (Å²) in [5, 5.41) is 13.5. The average molecular weight is 541 g/mol. The molecule has 2 heterocycles. The summed E-state index contributed by atoms with van der Waals surface area (Å²) in [4.78, 5) is 0. The lowest BCUT2D eigenvalue weighted by atomic mass is 10.0. The van der Waals surface area contributed by atoms with Crippen LogP contribution in [0.1, 0.15) is 62.0 Å². The Labute approximate surface area is 234 Å². The maximum Gasteiger partial charge on any atom is 0.168 e. The molecule has 5 rings (SSSR count). The number of fused-ring (bicyclic) bond motifs is 1. The van der Waals surface area contributed by atoms with Crippen LogP contribution >= 0.6 is 11.9 Å². The molecule has 0 radical (unpaired) electrons. The minimum Gasteiger partial charge on any atom is -0.493 e. The lowest BCUT2D eigenvalue weighted by molar-refractivity contribution is 0.306. The van der Waals surface area contributed by atoms with Crippen molar-refractivity contribution in [3.8, 4) is 16.9 Å². The highest BCUT2D eigenvalue weighted by atomic mass is 32.2. The van der Waals surface area contributed by atoms with Crippen molar-refractivity contribution in [2.75, 3.05) is 12.4 Å². The van der Waals surface area contributed by atoms with Gasteiger partial charge in [0.1, 0.15) is 11.3 Å². The summed E-state index contributed by atoms with van der Waals surface area (Å²) in [5.74, 6) is 2.74. The lowest BCUT2D eigenvalue weighted by Gasteiger charge is -2.12. The second kappa shape index (κ2) is 13.5. The van der Waals surface area contributed by atoms with Gasteiger partial charge in [-0.1, -0.05) is 81.3 Å². The molecule has 3 aromatic carbocycles. The summed E-state index contributed by atoms with van der Waals surface area (Å²) in [7, 11) is 0. The zero-order valence-electron chi connectivity index (χ0n) is 22.8. The lowest BCUT2D eigenvalue weighted by Crippen LogP contribution is -2.03. The molecule has 0 amide bonds. The zero-order valence-corrected chi connectivity index (χ0v) is 23.6. The Morgan fingerprint density at radius 2 is 1.74 bits per heavy atom. The second-order valence-corrected chi connectivity index (χ2v) is 10.8. The van der Waals surface area contributed by atoms with E-state index in [-0.39, 0.29) is 0 Å². The van der Waals surface area contributed by atoms with Crippen LogP contribution in [-0.4, -0.2) is 32.0 Å². The normalized spacial score (nSPS) is 11.3. The molecule has 0 bridgehead atoms. The average Bonchev–Trinajstić information content (AvgIpc) is 3.59. The fraction of sp³-hybridized carbons (Fsp3) is 0.344. The monoisotopic (exact) mass is 540 g/mol. The zero-order chi connectivity index (χ0) is 26.9. The number of unbranched alkanes of at least 4 members (excludes halogenated alkanes) is 1. The van der Waals surface area contributed by atoms with Crippen molar-refractivity contribution >= 4 is 22.9 Å². The van der Waals surface area contributed by atoms with E-state index in [0.717, 1.165) is 84.4 Å². The second-order valence-electron chi connectivity index (χ2n) is 9.79. The van der Waals surface area contributed by atoms with E-state index >= 15 is 0 Å². The number of rotatable bonds is 14. The van der Waals surface area contributed by atoms with Gasteiger partial charge in [0.25, 0.3) is 0 Å². The topological polar surface area (TPSA) is 66.0 Å². The number of benzene rings is 3. The Kier molecular flexibility index (Phi) is 9.33. The highest BCUT2D eigenvalue weighted by Crippen LogP contribution is 2.37. The van der Waals surface area contributed by atoms with Crippen molar-refractivity contribution < 1.29 is 9.15 Å². The van der Waals surface area contributed by atoms with Gasteiger partial charge in [-0.05, 0) is 76.9 Å². The molecule has 0 fully saturated rings. The molecule has 0 saturated heterocycles. The number of nitrogens with zero attached hydrogens (tertiary/aromatic N) is 4. The van der Waals surface area contributed by atoms with Crippen molar-refractivity contribution in [1.29, 1.82) is 0 Å². The minimum absolute atomic E-state index is 0.668. The van der Waals surface area contributed by atoms with E-state index in [1.54, 1.807) is 11.9 Å². The van der Waals surface area contributed by atoms with Gasteiger partial charge in [-0.25, -0.2) is 0 Å². The molecular weight excluding hydrogens is 504 g/mol.